The zero-order chi connectivity index (χ0) is 11.4. The lowest BCUT2D eigenvalue weighted by Crippen LogP contribution is -2.39. The summed E-state index contributed by atoms with van der Waals surface area (Å²) >= 11 is 1.40. The molecule has 16 heavy (non-hydrogen) atoms. The van der Waals surface area contributed by atoms with E-state index in [1.807, 2.05) is 0 Å². The maximum atomic E-state index is 11.9. The highest BCUT2D eigenvalue weighted by atomic mass is 32.2. The van der Waals surface area contributed by atoms with Gasteiger partial charge in [-0.15, -0.1) is 11.3 Å². The third-order valence-electron chi connectivity index (χ3n) is 2.71. The van der Waals surface area contributed by atoms with E-state index in [0.29, 0.717) is 0 Å². The first kappa shape index (κ1) is 12.0. The summed E-state index contributed by atoms with van der Waals surface area (Å²) < 4.78 is 23.8. The number of rotatable bonds is 4. The minimum absolute atomic E-state index is 0.135. The third kappa shape index (κ3) is 3.54. The molecular weight excluding hydrogens is 244 g/mol. The van der Waals surface area contributed by atoms with Crippen LogP contribution in [0, 0.1) is 0 Å². The Morgan fingerprint density at radius 2 is 2.38 bits per heavy atom. The van der Waals surface area contributed by atoms with Gasteiger partial charge in [-0.3, -0.25) is 4.98 Å². The SMILES string of the molecule is O=S(=O)(Cc1cncs1)CC1CCCCN1. The molecule has 0 aliphatic carbocycles. The summed E-state index contributed by atoms with van der Waals surface area (Å²) in [5.41, 5.74) is 1.67. The Balaban J connectivity index is 1.92. The smallest absolute Gasteiger partial charge is 0.156 e. The van der Waals surface area contributed by atoms with E-state index in [4.69, 9.17) is 0 Å². The Morgan fingerprint density at radius 3 is 3.00 bits per heavy atom. The Bertz CT molecular complexity index is 408. The second-order valence-corrected chi connectivity index (χ2v) is 7.25. The number of hydrogen-bond acceptors (Lipinski definition) is 5. The molecule has 1 N–H and O–H groups in total. The fourth-order valence-electron chi connectivity index (χ4n) is 1.96. The topological polar surface area (TPSA) is 59.1 Å². The van der Waals surface area contributed by atoms with E-state index in [9.17, 15) is 8.42 Å². The highest BCUT2D eigenvalue weighted by Crippen LogP contribution is 2.14. The molecule has 1 unspecified atom stereocenters. The first-order chi connectivity index (χ1) is 7.66. The first-order valence-corrected chi connectivity index (χ1v) is 8.17. The second-order valence-electron chi connectivity index (χ2n) is 4.17. The zero-order valence-electron chi connectivity index (χ0n) is 9.05. The molecule has 0 bridgehead atoms. The van der Waals surface area contributed by atoms with Gasteiger partial charge in [-0.05, 0) is 19.4 Å². The zero-order valence-corrected chi connectivity index (χ0v) is 10.7. The molecule has 1 aromatic rings. The minimum Gasteiger partial charge on any atom is -0.313 e. The predicted molar refractivity (Wildman–Crippen MR) is 65.2 cm³/mol. The molecule has 90 valence electrons. The van der Waals surface area contributed by atoms with Crippen LogP contribution in [0.25, 0.3) is 0 Å². The van der Waals surface area contributed by atoms with Crippen molar-refractivity contribution in [2.24, 2.45) is 0 Å². The average molecular weight is 260 g/mol. The van der Waals surface area contributed by atoms with Gasteiger partial charge in [-0.1, -0.05) is 6.42 Å². The third-order valence-corrected chi connectivity index (χ3v) is 5.34. The molecule has 1 aromatic heterocycles. The summed E-state index contributed by atoms with van der Waals surface area (Å²) in [4.78, 5) is 4.72. The summed E-state index contributed by atoms with van der Waals surface area (Å²) in [5, 5.41) is 3.26. The molecule has 1 saturated heterocycles. The van der Waals surface area contributed by atoms with Crippen molar-refractivity contribution < 1.29 is 8.42 Å². The molecule has 1 aliphatic rings. The van der Waals surface area contributed by atoms with Crippen molar-refractivity contribution in [3.8, 4) is 0 Å². The van der Waals surface area contributed by atoms with Gasteiger partial charge in [0.25, 0.3) is 0 Å². The molecule has 6 heteroatoms. The van der Waals surface area contributed by atoms with Crippen LogP contribution in [-0.4, -0.2) is 31.7 Å². The van der Waals surface area contributed by atoms with Gasteiger partial charge in [-0.2, -0.15) is 0 Å². The fourth-order valence-corrected chi connectivity index (χ4v) is 4.67. The van der Waals surface area contributed by atoms with Crippen molar-refractivity contribution in [3.05, 3.63) is 16.6 Å². The van der Waals surface area contributed by atoms with E-state index in [1.54, 1.807) is 11.7 Å². The normalized spacial score (nSPS) is 22.1. The minimum atomic E-state index is -3.00. The van der Waals surface area contributed by atoms with Gasteiger partial charge in [0.1, 0.15) is 0 Å². The van der Waals surface area contributed by atoms with E-state index in [0.717, 1.165) is 30.7 Å². The lowest BCUT2D eigenvalue weighted by molar-refractivity contribution is 0.423. The molecule has 0 amide bonds. The number of aromatic nitrogens is 1. The van der Waals surface area contributed by atoms with Gasteiger partial charge in [-0.25, -0.2) is 8.42 Å². The van der Waals surface area contributed by atoms with E-state index in [1.165, 1.54) is 11.3 Å². The summed E-state index contributed by atoms with van der Waals surface area (Å²) in [6, 6.07) is 0.145. The van der Waals surface area contributed by atoms with Crippen molar-refractivity contribution in [1.29, 1.82) is 0 Å². The lowest BCUT2D eigenvalue weighted by atomic mass is 10.1. The molecule has 0 saturated carbocycles. The predicted octanol–water partition coefficient (Wildman–Crippen LogP) is 1.20. The summed E-state index contributed by atoms with van der Waals surface area (Å²) in [7, 11) is -3.00. The Labute approximate surface area is 100 Å². The first-order valence-electron chi connectivity index (χ1n) is 5.47. The maximum Gasteiger partial charge on any atom is 0.156 e. The fraction of sp³-hybridized carbons (Fsp3) is 0.700. The molecule has 0 aromatic carbocycles. The van der Waals surface area contributed by atoms with Crippen LogP contribution in [0.3, 0.4) is 0 Å². The Morgan fingerprint density at radius 1 is 1.50 bits per heavy atom. The van der Waals surface area contributed by atoms with E-state index < -0.39 is 9.84 Å². The van der Waals surface area contributed by atoms with Crippen LogP contribution in [0.1, 0.15) is 24.1 Å². The van der Waals surface area contributed by atoms with Gasteiger partial charge >= 0.3 is 0 Å². The van der Waals surface area contributed by atoms with Gasteiger partial charge in [0.2, 0.25) is 0 Å². The number of nitrogens with one attached hydrogen (secondary N) is 1. The largest absolute Gasteiger partial charge is 0.313 e. The van der Waals surface area contributed by atoms with Crippen LogP contribution in [0.5, 0.6) is 0 Å². The van der Waals surface area contributed by atoms with Crippen molar-refractivity contribution in [3.63, 3.8) is 0 Å². The van der Waals surface area contributed by atoms with Gasteiger partial charge in [0, 0.05) is 17.1 Å². The van der Waals surface area contributed by atoms with Gasteiger partial charge in [0.05, 0.1) is 17.0 Å². The molecule has 0 spiro atoms. The van der Waals surface area contributed by atoms with Crippen LogP contribution in [0.15, 0.2) is 11.7 Å². The number of hydrogen-bond donors (Lipinski definition) is 1. The standard InChI is InChI=1S/C10H16N2O2S2/c13-16(14,7-10-5-11-8-15-10)6-9-3-1-2-4-12-9/h5,8-9,12H,1-4,6-7H2. The maximum absolute atomic E-state index is 11.9. The quantitative estimate of drug-likeness (QED) is 0.884. The summed E-state index contributed by atoms with van der Waals surface area (Å²) in [6.07, 6.45) is 4.90. The average Bonchev–Trinajstić information content (AvgIpc) is 2.70. The molecular formula is C10H16N2O2S2. The number of thiazole rings is 1. The molecule has 2 rings (SSSR count). The molecule has 1 aliphatic heterocycles. The van der Waals surface area contributed by atoms with Crippen molar-refractivity contribution >= 4 is 21.2 Å². The van der Waals surface area contributed by atoms with Crippen LogP contribution in [-0.2, 0) is 15.6 Å². The van der Waals surface area contributed by atoms with E-state index in [2.05, 4.69) is 10.3 Å². The van der Waals surface area contributed by atoms with Crippen molar-refractivity contribution in [1.82, 2.24) is 10.3 Å². The highest BCUT2D eigenvalue weighted by Gasteiger charge is 2.21. The van der Waals surface area contributed by atoms with E-state index in [-0.39, 0.29) is 17.5 Å². The molecule has 1 fully saturated rings. The lowest BCUT2D eigenvalue weighted by Gasteiger charge is -2.22. The van der Waals surface area contributed by atoms with Crippen LogP contribution < -0.4 is 5.32 Å². The van der Waals surface area contributed by atoms with Crippen LogP contribution in [0.4, 0.5) is 0 Å². The Hall–Kier alpha value is -0.460. The number of piperidine rings is 1. The second kappa shape index (κ2) is 5.25. The summed E-state index contributed by atoms with van der Waals surface area (Å²) in [6.45, 7) is 0.945. The van der Waals surface area contributed by atoms with Crippen molar-refractivity contribution in [2.45, 2.75) is 31.1 Å². The van der Waals surface area contributed by atoms with Crippen LogP contribution >= 0.6 is 11.3 Å². The monoisotopic (exact) mass is 260 g/mol. The highest BCUT2D eigenvalue weighted by molar-refractivity contribution is 7.90. The number of sulfone groups is 1. The summed E-state index contributed by atoms with van der Waals surface area (Å²) in [5.74, 6) is 0.390. The molecule has 2 heterocycles. The van der Waals surface area contributed by atoms with Crippen molar-refractivity contribution in [2.75, 3.05) is 12.3 Å². The van der Waals surface area contributed by atoms with Crippen LogP contribution in [0.2, 0.25) is 0 Å². The Kier molecular flexibility index (Phi) is 3.94. The van der Waals surface area contributed by atoms with Gasteiger partial charge in [0.15, 0.2) is 9.84 Å². The van der Waals surface area contributed by atoms with E-state index >= 15 is 0 Å². The molecule has 1 atom stereocenters. The molecule has 0 radical (unpaired) electrons. The number of nitrogens with zero attached hydrogens (tertiary/aromatic N) is 1. The molecule has 4 nitrogen and oxygen atoms in total. The van der Waals surface area contributed by atoms with Gasteiger partial charge < -0.3 is 5.32 Å².